The van der Waals surface area contributed by atoms with Crippen LogP contribution in [0.3, 0.4) is 0 Å². The zero-order chi connectivity index (χ0) is 14.4. The number of rotatable bonds is 6. The highest BCUT2D eigenvalue weighted by Gasteiger charge is 2.16. The molecule has 19 heavy (non-hydrogen) atoms. The van der Waals surface area contributed by atoms with E-state index in [4.69, 9.17) is 4.74 Å². The van der Waals surface area contributed by atoms with Crippen molar-refractivity contribution in [2.75, 3.05) is 26.1 Å². The average molecular weight is 269 g/mol. The minimum absolute atomic E-state index is 0.0348. The van der Waals surface area contributed by atoms with E-state index in [9.17, 15) is 9.18 Å². The molecule has 1 rings (SSSR count). The number of halogens is 1. The number of ether oxygens (including phenoxy) is 2. The summed E-state index contributed by atoms with van der Waals surface area (Å²) in [5.74, 6) is -0.633. The van der Waals surface area contributed by atoms with E-state index in [1.165, 1.54) is 25.3 Å². The molecule has 0 aliphatic heterocycles. The quantitative estimate of drug-likeness (QED) is 0.807. The topological polar surface area (TPSA) is 47.6 Å². The van der Waals surface area contributed by atoms with Crippen LogP contribution >= 0.6 is 0 Å². The first-order valence-electron chi connectivity index (χ1n) is 6.13. The van der Waals surface area contributed by atoms with E-state index in [0.29, 0.717) is 12.2 Å². The smallest absolute Gasteiger partial charge is 0.337 e. The van der Waals surface area contributed by atoms with E-state index in [-0.39, 0.29) is 17.6 Å². The maximum absolute atomic E-state index is 13.7. The summed E-state index contributed by atoms with van der Waals surface area (Å²) < 4.78 is 23.5. The molecular weight excluding hydrogens is 249 g/mol. The second kappa shape index (κ2) is 7.09. The van der Waals surface area contributed by atoms with Gasteiger partial charge in [-0.05, 0) is 24.1 Å². The van der Waals surface area contributed by atoms with Crippen molar-refractivity contribution in [3.63, 3.8) is 0 Å². The number of nitrogens with one attached hydrogen (secondary N) is 1. The van der Waals surface area contributed by atoms with Crippen molar-refractivity contribution in [3.8, 4) is 0 Å². The van der Waals surface area contributed by atoms with Gasteiger partial charge in [-0.3, -0.25) is 0 Å². The Kier molecular flexibility index (Phi) is 5.76. The highest BCUT2D eigenvalue weighted by atomic mass is 19.1. The molecule has 0 aromatic heterocycles. The molecule has 0 fully saturated rings. The molecule has 0 saturated heterocycles. The van der Waals surface area contributed by atoms with Crippen molar-refractivity contribution in [2.45, 2.75) is 19.9 Å². The molecule has 0 bridgehead atoms. The first-order valence-corrected chi connectivity index (χ1v) is 6.13. The van der Waals surface area contributed by atoms with Gasteiger partial charge in [0, 0.05) is 7.11 Å². The molecule has 1 unspecified atom stereocenters. The van der Waals surface area contributed by atoms with E-state index >= 15 is 0 Å². The summed E-state index contributed by atoms with van der Waals surface area (Å²) >= 11 is 0. The minimum atomic E-state index is -0.490. The first-order chi connectivity index (χ1) is 8.99. The van der Waals surface area contributed by atoms with Crippen molar-refractivity contribution in [1.82, 2.24) is 0 Å². The Morgan fingerprint density at radius 2 is 2.05 bits per heavy atom. The molecule has 4 nitrogen and oxygen atoms in total. The Bertz CT molecular complexity index is 435. The number of benzene rings is 1. The molecule has 0 spiro atoms. The van der Waals surface area contributed by atoms with Crippen LogP contribution in [-0.2, 0) is 9.47 Å². The molecule has 1 aromatic carbocycles. The fourth-order valence-corrected chi connectivity index (χ4v) is 1.66. The lowest BCUT2D eigenvalue weighted by Crippen LogP contribution is -2.30. The van der Waals surface area contributed by atoms with Crippen molar-refractivity contribution in [1.29, 1.82) is 0 Å². The lowest BCUT2D eigenvalue weighted by Gasteiger charge is -2.23. The number of carbonyl (C=O) groups excluding carboxylic acids is 1. The van der Waals surface area contributed by atoms with Gasteiger partial charge in [-0.15, -0.1) is 0 Å². The zero-order valence-corrected chi connectivity index (χ0v) is 11.7. The maximum atomic E-state index is 13.7. The van der Waals surface area contributed by atoms with Crippen LogP contribution < -0.4 is 5.32 Å². The van der Waals surface area contributed by atoms with Crippen molar-refractivity contribution < 1.29 is 18.7 Å². The van der Waals surface area contributed by atoms with Crippen LogP contribution in [0.1, 0.15) is 24.2 Å². The second-order valence-corrected chi connectivity index (χ2v) is 4.64. The maximum Gasteiger partial charge on any atom is 0.337 e. The van der Waals surface area contributed by atoms with Gasteiger partial charge in [0.1, 0.15) is 5.82 Å². The Labute approximate surface area is 112 Å². The molecule has 1 atom stereocenters. The number of methoxy groups -OCH3 is 2. The molecule has 5 heteroatoms. The molecule has 0 amide bonds. The molecule has 1 N–H and O–H groups in total. The van der Waals surface area contributed by atoms with Gasteiger partial charge in [-0.25, -0.2) is 9.18 Å². The van der Waals surface area contributed by atoms with Crippen LogP contribution in [0.15, 0.2) is 18.2 Å². The number of hydrogen-bond donors (Lipinski definition) is 1. The van der Waals surface area contributed by atoms with Crippen molar-refractivity contribution in [2.24, 2.45) is 5.92 Å². The van der Waals surface area contributed by atoms with E-state index in [2.05, 4.69) is 10.1 Å². The molecule has 106 valence electrons. The lowest BCUT2D eigenvalue weighted by atomic mass is 10.0. The minimum Gasteiger partial charge on any atom is -0.465 e. The summed E-state index contributed by atoms with van der Waals surface area (Å²) in [6.07, 6.45) is 0. The monoisotopic (exact) mass is 269 g/mol. The Balaban J connectivity index is 2.95. The molecule has 0 saturated carbocycles. The second-order valence-electron chi connectivity index (χ2n) is 4.64. The normalized spacial score (nSPS) is 12.3. The van der Waals surface area contributed by atoms with Crippen LogP contribution in [-0.4, -0.2) is 32.8 Å². The Morgan fingerprint density at radius 1 is 1.37 bits per heavy atom. The molecule has 1 aromatic rings. The summed E-state index contributed by atoms with van der Waals surface area (Å²) in [4.78, 5) is 11.4. The van der Waals surface area contributed by atoms with Crippen LogP contribution in [0.5, 0.6) is 0 Å². The summed E-state index contributed by atoms with van der Waals surface area (Å²) in [7, 11) is 2.89. The van der Waals surface area contributed by atoms with Crippen molar-refractivity contribution in [3.05, 3.63) is 29.6 Å². The van der Waals surface area contributed by atoms with Crippen molar-refractivity contribution >= 4 is 11.7 Å². The van der Waals surface area contributed by atoms with Gasteiger partial charge in [0.25, 0.3) is 0 Å². The van der Waals surface area contributed by atoms with Gasteiger partial charge >= 0.3 is 5.97 Å². The van der Waals surface area contributed by atoms with Gasteiger partial charge in [-0.2, -0.15) is 0 Å². The predicted molar refractivity (Wildman–Crippen MR) is 71.9 cm³/mol. The van der Waals surface area contributed by atoms with Crippen LogP contribution in [0.2, 0.25) is 0 Å². The third kappa shape index (κ3) is 4.21. The van der Waals surface area contributed by atoms with Crippen LogP contribution in [0.4, 0.5) is 10.1 Å². The molecule has 0 radical (unpaired) electrons. The summed E-state index contributed by atoms with van der Waals surface area (Å²) in [6.45, 7) is 4.48. The van der Waals surface area contributed by atoms with Gasteiger partial charge < -0.3 is 14.8 Å². The van der Waals surface area contributed by atoms with E-state index in [1.807, 2.05) is 13.8 Å². The standard InChI is InChI=1S/C14H20FNO3/c1-9(2)13(8-18-3)16-12-7-10(14(17)19-4)5-6-11(12)15/h5-7,9,13,16H,8H2,1-4H3. The summed E-state index contributed by atoms with van der Waals surface area (Å²) in [6, 6.07) is 4.06. The highest BCUT2D eigenvalue weighted by Crippen LogP contribution is 2.19. The fourth-order valence-electron chi connectivity index (χ4n) is 1.66. The van der Waals surface area contributed by atoms with E-state index in [1.54, 1.807) is 7.11 Å². The van der Waals surface area contributed by atoms with Gasteiger partial charge in [-0.1, -0.05) is 13.8 Å². The zero-order valence-electron chi connectivity index (χ0n) is 11.7. The number of hydrogen-bond acceptors (Lipinski definition) is 4. The predicted octanol–water partition coefficient (Wildman–Crippen LogP) is 2.70. The van der Waals surface area contributed by atoms with Gasteiger partial charge in [0.2, 0.25) is 0 Å². The first kappa shape index (κ1) is 15.4. The molecule has 0 aliphatic rings. The van der Waals surface area contributed by atoms with Crippen LogP contribution in [0, 0.1) is 11.7 Å². The van der Waals surface area contributed by atoms with Gasteiger partial charge in [0.05, 0.1) is 31.0 Å². The number of esters is 1. The van der Waals surface area contributed by atoms with E-state index in [0.717, 1.165) is 0 Å². The van der Waals surface area contributed by atoms with Gasteiger partial charge in [0.15, 0.2) is 0 Å². The Morgan fingerprint density at radius 3 is 2.58 bits per heavy atom. The largest absolute Gasteiger partial charge is 0.465 e. The SMILES string of the molecule is COCC(Nc1cc(C(=O)OC)ccc1F)C(C)C. The molecule has 0 heterocycles. The number of carbonyl (C=O) groups is 1. The molecule has 0 aliphatic carbocycles. The fraction of sp³-hybridized carbons (Fsp3) is 0.500. The third-order valence-electron chi connectivity index (χ3n) is 2.88. The lowest BCUT2D eigenvalue weighted by molar-refractivity contribution is 0.0600. The van der Waals surface area contributed by atoms with Crippen LogP contribution in [0.25, 0.3) is 0 Å². The average Bonchev–Trinajstić information content (AvgIpc) is 2.39. The summed E-state index contributed by atoms with van der Waals surface area (Å²) in [5.41, 5.74) is 0.588. The van der Waals surface area contributed by atoms with E-state index < -0.39 is 11.8 Å². The molecular formula is C14H20FNO3. The third-order valence-corrected chi connectivity index (χ3v) is 2.88. The number of anilines is 1. The highest BCUT2D eigenvalue weighted by molar-refractivity contribution is 5.90. The Hall–Kier alpha value is -1.62. The summed E-state index contributed by atoms with van der Waals surface area (Å²) in [5, 5.41) is 3.06.